The lowest BCUT2D eigenvalue weighted by Gasteiger charge is -2.34. The lowest BCUT2D eigenvalue weighted by Crippen LogP contribution is -2.49. The molecule has 1 aromatic rings. The molecule has 1 aromatic heterocycles. The highest BCUT2D eigenvalue weighted by atomic mass is 32.2. The van der Waals surface area contributed by atoms with Gasteiger partial charge in [-0.05, 0) is 19.4 Å². The van der Waals surface area contributed by atoms with Gasteiger partial charge in [0, 0.05) is 38.4 Å². The first-order chi connectivity index (χ1) is 12.0. The Balaban J connectivity index is 1.58. The zero-order chi connectivity index (χ0) is 17.9. The van der Waals surface area contributed by atoms with Crippen LogP contribution >= 0.6 is 0 Å². The molecule has 2 aliphatic rings. The van der Waals surface area contributed by atoms with Crippen LogP contribution in [0.25, 0.3) is 0 Å². The smallest absolute Gasteiger partial charge is 0.409 e. The first-order valence-corrected chi connectivity index (χ1v) is 10.3. The van der Waals surface area contributed by atoms with E-state index in [1.54, 1.807) is 24.1 Å². The molecule has 1 amide bonds. The van der Waals surface area contributed by atoms with E-state index in [1.165, 1.54) is 0 Å². The third-order valence-electron chi connectivity index (χ3n) is 4.32. The summed E-state index contributed by atoms with van der Waals surface area (Å²) < 4.78 is 28.1. The SMILES string of the molecule is CCOC(=O)N1CCN(c2nccc(NC3CCS(=O)(=O)C3)n2)CC1. The molecule has 0 saturated carbocycles. The summed E-state index contributed by atoms with van der Waals surface area (Å²) in [5.41, 5.74) is 0. The van der Waals surface area contributed by atoms with Crippen molar-refractivity contribution in [2.45, 2.75) is 19.4 Å². The van der Waals surface area contributed by atoms with Crippen molar-refractivity contribution in [3.05, 3.63) is 12.3 Å². The van der Waals surface area contributed by atoms with Crippen LogP contribution in [0.5, 0.6) is 0 Å². The van der Waals surface area contributed by atoms with Gasteiger partial charge in [0.15, 0.2) is 9.84 Å². The summed E-state index contributed by atoms with van der Waals surface area (Å²) in [4.78, 5) is 24.2. The molecule has 1 atom stereocenters. The van der Waals surface area contributed by atoms with Crippen LogP contribution in [0.3, 0.4) is 0 Å². The first-order valence-electron chi connectivity index (χ1n) is 8.43. The van der Waals surface area contributed by atoms with Gasteiger partial charge in [0.2, 0.25) is 5.95 Å². The van der Waals surface area contributed by atoms with Gasteiger partial charge < -0.3 is 19.9 Å². The van der Waals surface area contributed by atoms with Gasteiger partial charge in [-0.15, -0.1) is 0 Å². The summed E-state index contributed by atoms with van der Waals surface area (Å²) in [6.07, 6.45) is 1.96. The van der Waals surface area contributed by atoms with Crippen LogP contribution in [0.1, 0.15) is 13.3 Å². The number of rotatable bonds is 4. The topological polar surface area (TPSA) is 105 Å². The van der Waals surface area contributed by atoms with Crippen LogP contribution in [-0.2, 0) is 14.6 Å². The number of amides is 1. The Labute approximate surface area is 147 Å². The third-order valence-corrected chi connectivity index (χ3v) is 6.08. The maximum atomic E-state index is 11.7. The first kappa shape index (κ1) is 17.7. The van der Waals surface area contributed by atoms with Crippen molar-refractivity contribution in [3.63, 3.8) is 0 Å². The average molecular weight is 369 g/mol. The van der Waals surface area contributed by atoms with Crippen LogP contribution in [0, 0.1) is 0 Å². The van der Waals surface area contributed by atoms with E-state index < -0.39 is 9.84 Å². The van der Waals surface area contributed by atoms with E-state index in [1.807, 2.05) is 4.90 Å². The van der Waals surface area contributed by atoms with Gasteiger partial charge in [-0.3, -0.25) is 0 Å². The lowest BCUT2D eigenvalue weighted by atomic mass is 10.2. The zero-order valence-electron chi connectivity index (χ0n) is 14.2. The van der Waals surface area contributed by atoms with Gasteiger partial charge in [0.05, 0.1) is 18.1 Å². The fraction of sp³-hybridized carbons (Fsp3) is 0.667. The molecule has 138 valence electrons. The number of nitrogens with zero attached hydrogens (tertiary/aromatic N) is 4. The molecule has 2 fully saturated rings. The van der Waals surface area contributed by atoms with E-state index in [0.717, 1.165) is 0 Å². The fourth-order valence-corrected chi connectivity index (χ4v) is 4.68. The van der Waals surface area contributed by atoms with Gasteiger partial charge in [-0.1, -0.05) is 0 Å². The van der Waals surface area contributed by atoms with Crippen LogP contribution in [0.2, 0.25) is 0 Å². The molecule has 3 rings (SSSR count). The second-order valence-corrected chi connectivity index (χ2v) is 8.39. The van der Waals surface area contributed by atoms with Crippen molar-refractivity contribution >= 4 is 27.7 Å². The van der Waals surface area contributed by atoms with Crippen LogP contribution in [0.15, 0.2) is 12.3 Å². The summed E-state index contributed by atoms with van der Waals surface area (Å²) in [5, 5.41) is 3.18. The predicted octanol–water partition coefficient (Wildman–Crippen LogP) is 0.354. The molecule has 2 saturated heterocycles. The van der Waals surface area contributed by atoms with Crippen molar-refractivity contribution in [1.82, 2.24) is 14.9 Å². The molecule has 1 N–H and O–H groups in total. The lowest BCUT2D eigenvalue weighted by molar-refractivity contribution is 0.105. The van der Waals surface area contributed by atoms with Crippen molar-refractivity contribution in [2.75, 3.05) is 54.5 Å². The van der Waals surface area contributed by atoms with E-state index in [0.29, 0.717) is 51.0 Å². The van der Waals surface area contributed by atoms with Crippen LogP contribution in [0.4, 0.5) is 16.6 Å². The summed E-state index contributed by atoms with van der Waals surface area (Å²) in [5.74, 6) is 1.57. The summed E-state index contributed by atoms with van der Waals surface area (Å²) in [6.45, 7) is 4.52. The van der Waals surface area contributed by atoms with Crippen LogP contribution in [-0.4, -0.2) is 79.7 Å². The van der Waals surface area contributed by atoms with Crippen LogP contribution < -0.4 is 10.2 Å². The standard InChI is InChI=1S/C15H23N5O4S/c1-2-24-15(21)20-8-6-19(7-9-20)14-16-5-3-13(18-14)17-12-4-10-25(22,23)11-12/h3,5,12H,2,4,6-11H2,1H3,(H,16,17,18). The van der Waals surface area contributed by atoms with Gasteiger partial charge in [-0.2, -0.15) is 4.98 Å². The van der Waals surface area contributed by atoms with Crippen molar-refractivity contribution in [2.24, 2.45) is 0 Å². The van der Waals surface area contributed by atoms with Gasteiger partial charge in [-0.25, -0.2) is 18.2 Å². The third kappa shape index (κ3) is 4.50. The maximum Gasteiger partial charge on any atom is 0.409 e. The number of hydrogen-bond donors (Lipinski definition) is 1. The number of hydrogen-bond acceptors (Lipinski definition) is 8. The number of sulfone groups is 1. The molecule has 0 aliphatic carbocycles. The van der Waals surface area contributed by atoms with E-state index in [2.05, 4.69) is 15.3 Å². The minimum Gasteiger partial charge on any atom is -0.450 e. The molecule has 9 nitrogen and oxygen atoms in total. The minimum atomic E-state index is -2.93. The minimum absolute atomic E-state index is 0.103. The Kier molecular flexibility index (Phi) is 5.26. The summed E-state index contributed by atoms with van der Waals surface area (Å²) in [7, 11) is -2.93. The number of aromatic nitrogens is 2. The Morgan fingerprint density at radius 1 is 1.36 bits per heavy atom. The highest BCUT2D eigenvalue weighted by Gasteiger charge is 2.28. The Morgan fingerprint density at radius 3 is 2.76 bits per heavy atom. The molecule has 1 unspecified atom stereocenters. The van der Waals surface area contributed by atoms with E-state index >= 15 is 0 Å². The summed E-state index contributed by atoms with van der Waals surface area (Å²) in [6, 6.07) is 1.64. The second kappa shape index (κ2) is 7.42. The average Bonchev–Trinajstić information content (AvgIpc) is 2.94. The normalized spacial score (nSPS) is 22.7. The molecule has 10 heteroatoms. The molecule has 3 heterocycles. The molecule has 0 radical (unpaired) electrons. The number of ether oxygens (including phenoxy) is 1. The molecular formula is C15H23N5O4S. The van der Waals surface area contributed by atoms with Crippen molar-refractivity contribution < 1.29 is 17.9 Å². The molecule has 0 bridgehead atoms. The number of anilines is 2. The quantitative estimate of drug-likeness (QED) is 0.811. The Bertz CT molecular complexity index is 718. The number of piperazine rings is 1. The summed E-state index contributed by atoms with van der Waals surface area (Å²) >= 11 is 0. The molecule has 25 heavy (non-hydrogen) atoms. The maximum absolute atomic E-state index is 11.7. The molecule has 0 spiro atoms. The van der Waals surface area contributed by atoms with E-state index in [4.69, 9.17) is 4.74 Å². The largest absolute Gasteiger partial charge is 0.450 e. The highest BCUT2D eigenvalue weighted by Crippen LogP contribution is 2.18. The number of carbonyl (C=O) groups is 1. The molecule has 2 aliphatic heterocycles. The van der Waals surface area contributed by atoms with Gasteiger partial charge in [0.25, 0.3) is 0 Å². The molecular weight excluding hydrogens is 346 g/mol. The van der Waals surface area contributed by atoms with Gasteiger partial charge >= 0.3 is 6.09 Å². The monoisotopic (exact) mass is 369 g/mol. The predicted molar refractivity (Wildman–Crippen MR) is 93.5 cm³/mol. The Morgan fingerprint density at radius 2 is 2.12 bits per heavy atom. The van der Waals surface area contributed by atoms with Crippen molar-refractivity contribution in [3.8, 4) is 0 Å². The van der Waals surface area contributed by atoms with E-state index in [-0.39, 0.29) is 23.6 Å². The van der Waals surface area contributed by atoms with Crippen molar-refractivity contribution in [1.29, 1.82) is 0 Å². The van der Waals surface area contributed by atoms with Gasteiger partial charge in [0.1, 0.15) is 5.82 Å². The molecule has 0 aromatic carbocycles. The highest BCUT2D eigenvalue weighted by molar-refractivity contribution is 7.91. The van der Waals surface area contributed by atoms with E-state index in [9.17, 15) is 13.2 Å². The number of nitrogens with one attached hydrogen (secondary N) is 1. The number of carbonyl (C=O) groups excluding carboxylic acids is 1. The fourth-order valence-electron chi connectivity index (χ4n) is 3.00. The zero-order valence-corrected chi connectivity index (χ0v) is 15.0. The Hall–Kier alpha value is -2.10. The second-order valence-electron chi connectivity index (χ2n) is 6.16.